The lowest BCUT2D eigenvalue weighted by molar-refractivity contribution is 0.420. The summed E-state index contributed by atoms with van der Waals surface area (Å²) >= 11 is 6.18. The van der Waals surface area contributed by atoms with Crippen LogP contribution in [-0.4, -0.2) is 10.1 Å². The second-order valence-corrected chi connectivity index (χ2v) is 5.12. The number of aryl methyl sites for hydroxylation is 2. The lowest BCUT2D eigenvalue weighted by Gasteiger charge is -2.01. The van der Waals surface area contributed by atoms with Crippen molar-refractivity contribution in [3.63, 3.8) is 0 Å². The predicted molar refractivity (Wildman–Crippen MR) is 72.7 cm³/mol. The third-order valence-electron chi connectivity index (χ3n) is 2.73. The Morgan fingerprint density at radius 1 is 1.22 bits per heavy atom. The van der Waals surface area contributed by atoms with E-state index in [9.17, 15) is 0 Å². The number of rotatable bonds is 4. The zero-order chi connectivity index (χ0) is 13.1. The third-order valence-corrected chi connectivity index (χ3v) is 3.15. The summed E-state index contributed by atoms with van der Waals surface area (Å²) in [4.78, 5) is 4.37. The average Bonchev–Trinajstić information content (AvgIpc) is 2.77. The van der Waals surface area contributed by atoms with Crippen molar-refractivity contribution < 1.29 is 4.52 Å². The van der Waals surface area contributed by atoms with Crippen LogP contribution in [0.1, 0.15) is 42.1 Å². The first-order valence-electron chi connectivity index (χ1n) is 6.16. The van der Waals surface area contributed by atoms with Gasteiger partial charge < -0.3 is 4.52 Å². The SMILES string of the molecule is CCCC(Cl)c1noc(-c2cc(C)cc(C)c2)n1. The number of aromatic nitrogens is 2. The van der Waals surface area contributed by atoms with E-state index < -0.39 is 0 Å². The normalized spacial score (nSPS) is 12.7. The van der Waals surface area contributed by atoms with Crippen molar-refractivity contribution in [2.75, 3.05) is 0 Å². The van der Waals surface area contributed by atoms with Gasteiger partial charge in [-0.2, -0.15) is 4.98 Å². The van der Waals surface area contributed by atoms with Crippen molar-refractivity contribution in [3.8, 4) is 11.5 Å². The van der Waals surface area contributed by atoms with Crippen LogP contribution >= 0.6 is 11.6 Å². The largest absolute Gasteiger partial charge is 0.334 e. The molecule has 3 nitrogen and oxygen atoms in total. The molecule has 18 heavy (non-hydrogen) atoms. The standard InChI is InChI=1S/C14H17ClN2O/c1-4-5-12(15)13-16-14(18-17-13)11-7-9(2)6-10(3)8-11/h6-8,12H,4-5H2,1-3H3. The van der Waals surface area contributed by atoms with Crippen LogP contribution in [0.2, 0.25) is 0 Å². The highest BCUT2D eigenvalue weighted by Crippen LogP contribution is 2.26. The fourth-order valence-corrected chi connectivity index (χ4v) is 2.27. The summed E-state index contributed by atoms with van der Waals surface area (Å²) in [5.41, 5.74) is 3.31. The fourth-order valence-electron chi connectivity index (χ4n) is 1.96. The number of nitrogens with zero attached hydrogens (tertiary/aromatic N) is 2. The van der Waals surface area contributed by atoms with Gasteiger partial charge in [-0.05, 0) is 32.4 Å². The van der Waals surface area contributed by atoms with E-state index >= 15 is 0 Å². The quantitative estimate of drug-likeness (QED) is 0.767. The molecule has 2 aromatic rings. The Hall–Kier alpha value is -1.35. The summed E-state index contributed by atoms with van der Waals surface area (Å²) in [6.45, 7) is 6.19. The zero-order valence-electron chi connectivity index (χ0n) is 10.9. The van der Waals surface area contributed by atoms with Gasteiger partial charge in [-0.3, -0.25) is 0 Å². The van der Waals surface area contributed by atoms with Crippen molar-refractivity contribution in [1.82, 2.24) is 10.1 Å². The highest BCUT2D eigenvalue weighted by atomic mass is 35.5. The minimum absolute atomic E-state index is 0.168. The molecule has 0 saturated carbocycles. The number of benzene rings is 1. The molecule has 0 spiro atoms. The molecule has 1 atom stereocenters. The van der Waals surface area contributed by atoms with Crippen LogP contribution in [0.4, 0.5) is 0 Å². The van der Waals surface area contributed by atoms with Gasteiger partial charge >= 0.3 is 0 Å². The molecule has 0 fully saturated rings. The topological polar surface area (TPSA) is 38.9 Å². The van der Waals surface area contributed by atoms with Gasteiger partial charge in [-0.25, -0.2) is 0 Å². The van der Waals surface area contributed by atoms with Crippen LogP contribution in [0.3, 0.4) is 0 Å². The van der Waals surface area contributed by atoms with Gasteiger partial charge in [0.15, 0.2) is 5.82 Å². The highest BCUT2D eigenvalue weighted by Gasteiger charge is 2.16. The van der Waals surface area contributed by atoms with Crippen LogP contribution in [0.5, 0.6) is 0 Å². The molecular formula is C14H17ClN2O. The molecule has 1 aromatic heterocycles. The molecule has 0 aliphatic rings. The maximum absolute atomic E-state index is 6.18. The molecule has 0 bridgehead atoms. The van der Waals surface area contributed by atoms with Gasteiger partial charge in [0.25, 0.3) is 5.89 Å². The minimum Gasteiger partial charge on any atom is -0.334 e. The van der Waals surface area contributed by atoms with Crippen LogP contribution in [-0.2, 0) is 0 Å². The first kappa shape index (κ1) is 13.1. The second-order valence-electron chi connectivity index (χ2n) is 4.59. The van der Waals surface area contributed by atoms with Gasteiger partial charge in [0.05, 0.1) is 5.38 Å². The monoisotopic (exact) mass is 264 g/mol. The molecule has 1 heterocycles. The van der Waals surface area contributed by atoms with Crippen molar-refractivity contribution in [2.24, 2.45) is 0 Å². The molecule has 4 heteroatoms. The van der Waals surface area contributed by atoms with E-state index in [1.165, 1.54) is 11.1 Å². The Morgan fingerprint density at radius 3 is 2.50 bits per heavy atom. The Kier molecular flexibility index (Phi) is 4.02. The lowest BCUT2D eigenvalue weighted by atomic mass is 10.1. The Bertz CT molecular complexity index is 516. The van der Waals surface area contributed by atoms with Crippen molar-refractivity contribution in [1.29, 1.82) is 0 Å². The summed E-state index contributed by atoms with van der Waals surface area (Å²) < 4.78 is 5.28. The van der Waals surface area contributed by atoms with Gasteiger partial charge in [0.1, 0.15) is 0 Å². The minimum atomic E-state index is -0.168. The van der Waals surface area contributed by atoms with Gasteiger partial charge in [-0.15, -0.1) is 11.6 Å². The molecule has 96 valence electrons. The van der Waals surface area contributed by atoms with Crippen LogP contribution in [0.15, 0.2) is 22.7 Å². The highest BCUT2D eigenvalue weighted by molar-refractivity contribution is 6.20. The average molecular weight is 265 g/mol. The molecular weight excluding hydrogens is 248 g/mol. The fraction of sp³-hybridized carbons (Fsp3) is 0.429. The molecule has 0 aliphatic carbocycles. The van der Waals surface area contributed by atoms with E-state index in [4.69, 9.17) is 16.1 Å². The lowest BCUT2D eigenvalue weighted by Crippen LogP contribution is -1.92. The molecule has 0 aliphatic heterocycles. The molecule has 1 aromatic carbocycles. The summed E-state index contributed by atoms with van der Waals surface area (Å²) in [6, 6.07) is 6.18. The molecule has 2 rings (SSSR count). The van der Waals surface area contributed by atoms with E-state index in [-0.39, 0.29) is 5.38 Å². The van der Waals surface area contributed by atoms with Crippen molar-refractivity contribution in [3.05, 3.63) is 35.2 Å². The Labute approximate surface area is 112 Å². The Morgan fingerprint density at radius 2 is 1.89 bits per heavy atom. The van der Waals surface area contributed by atoms with Crippen LogP contribution in [0.25, 0.3) is 11.5 Å². The molecule has 0 radical (unpaired) electrons. The maximum Gasteiger partial charge on any atom is 0.257 e. The number of hydrogen-bond donors (Lipinski definition) is 0. The Balaban J connectivity index is 2.29. The van der Waals surface area contributed by atoms with E-state index in [2.05, 4.69) is 37.0 Å². The summed E-state index contributed by atoms with van der Waals surface area (Å²) in [5, 5.41) is 3.78. The van der Waals surface area contributed by atoms with E-state index in [1.54, 1.807) is 0 Å². The number of hydrogen-bond acceptors (Lipinski definition) is 3. The predicted octanol–water partition coefficient (Wildman–Crippen LogP) is 4.43. The van der Waals surface area contributed by atoms with E-state index in [1.807, 2.05) is 12.1 Å². The molecule has 0 saturated heterocycles. The van der Waals surface area contributed by atoms with Crippen molar-refractivity contribution >= 4 is 11.6 Å². The maximum atomic E-state index is 6.18. The van der Waals surface area contributed by atoms with Gasteiger partial charge in [0, 0.05) is 5.56 Å². The first-order valence-corrected chi connectivity index (χ1v) is 6.60. The van der Waals surface area contributed by atoms with Crippen LogP contribution in [0, 0.1) is 13.8 Å². The summed E-state index contributed by atoms with van der Waals surface area (Å²) in [5.74, 6) is 1.12. The van der Waals surface area contributed by atoms with Crippen molar-refractivity contribution in [2.45, 2.75) is 39.0 Å². The summed E-state index contributed by atoms with van der Waals surface area (Å²) in [6.07, 6.45) is 1.86. The van der Waals surface area contributed by atoms with Crippen LogP contribution < -0.4 is 0 Å². The second kappa shape index (κ2) is 5.53. The smallest absolute Gasteiger partial charge is 0.257 e. The molecule has 0 amide bonds. The van der Waals surface area contributed by atoms with Gasteiger partial charge in [-0.1, -0.05) is 35.7 Å². The molecule has 0 N–H and O–H groups in total. The van der Waals surface area contributed by atoms with E-state index in [0.717, 1.165) is 18.4 Å². The van der Waals surface area contributed by atoms with Gasteiger partial charge in [0.2, 0.25) is 0 Å². The summed E-state index contributed by atoms with van der Waals surface area (Å²) in [7, 11) is 0. The number of alkyl halides is 1. The van der Waals surface area contributed by atoms with E-state index in [0.29, 0.717) is 11.7 Å². The number of halogens is 1. The molecule has 1 unspecified atom stereocenters. The first-order chi connectivity index (χ1) is 8.60. The zero-order valence-corrected chi connectivity index (χ0v) is 11.7. The third kappa shape index (κ3) is 2.91.